The van der Waals surface area contributed by atoms with Gasteiger partial charge in [-0.25, -0.2) is 0 Å². The van der Waals surface area contributed by atoms with Gasteiger partial charge in [0.1, 0.15) is 0 Å². The van der Waals surface area contributed by atoms with Crippen LogP contribution in [0.1, 0.15) is 24.5 Å². The van der Waals surface area contributed by atoms with E-state index in [1.807, 2.05) is 34.9 Å². The molecule has 0 atom stereocenters. The van der Waals surface area contributed by atoms with Crippen molar-refractivity contribution in [2.45, 2.75) is 32.6 Å². The van der Waals surface area contributed by atoms with E-state index in [1.165, 1.54) is 11.1 Å². The smallest absolute Gasteiger partial charge is 0.191 e. The summed E-state index contributed by atoms with van der Waals surface area (Å²) in [6.45, 7) is 7.71. The number of hydrogen-bond donors (Lipinski definition) is 2. The van der Waals surface area contributed by atoms with Crippen LogP contribution in [0.4, 0.5) is 0 Å². The van der Waals surface area contributed by atoms with Crippen LogP contribution in [0.25, 0.3) is 0 Å². The van der Waals surface area contributed by atoms with E-state index in [4.69, 9.17) is 0 Å². The molecule has 0 aliphatic carbocycles. The molecular weight excluding hydrogens is 330 g/mol. The summed E-state index contributed by atoms with van der Waals surface area (Å²) in [6, 6.07) is 10.7. The van der Waals surface area contributed by atoms with Gasteiger partial charge in [-0.2, -0.15) is 16.9 Å². The predicted molar refractivity (Wildman–Crippen MR) is 108 cm³/mol. The normalized spacial score (nSPS) is 11.5. The van der Waals surface area contributed by atoms with Gasteiger partial charge >= 0.3 is 0 Å². The Morgan fingerprint density at radius 2 is 2.08 bits per heavy atom. The van der Waals surface area contributed by atoms with Gasteiger partial charge in [-0.1, -0.05) is 29.8 Å². The maximum atomic E-state index is 4.62. The van der Waals surface area contributed by atoms with E-state index in [9.17, 15) is 0 Å². The van der Waals surface area contributed by atoms with Crippen LogP contribution in [0.5, 0.6) is 0 Å². The van der Waals surface area contributed by atoms with E-state index in [2.05, 4.69) is 58.8 Å². The van der Waals surface area contributed by atoms with Gasteiger partial charge in [0.05, 0.1) is 0 Å². The summed E-state index contributed by atoms with van der Waals surface area (Å²) >= 11 is 1.94. The summed E-state index contributed by atoms with van der Waals surface area (Å²) in [5.74, 6) is 3.02. The third-order valence-corrected chi connectivity index (χ3v) is 4.68. The molecule has 0 saturated carbocycles. The number of rotatable bonds is 10. The van der Waals surface area contributed by atoms with Crippen LogP contribution in [0.15, 0.2) is 47.7 Å². The van der Waals surface area contributed by atoms with Gasteiger partial charge < -0.3 is 10.6 Å². The summed E-state index contributed by atoms with van der Waals surface area (Å²) in [5, 5.41) is 10.9. The fourth-order valence-electron chi connectivity index (χ4n) is 2.31. The number of thioether (sulfide) groups is 1. The van der Waals surface area contributed by atoms with E-state index in [0.29, 0.717) is 0 Å². The van der Waals surface area contributed by atoms with Crippen molar-refractivity contribution in [1.29, 1.82) is 0 Å². The van der Waals surface area contributed by atoms with Crippen molar-refractivity contribution in [3.8, 4) is 0 Å². The lowest BCUT2D eigenvalue weighted by Gasteiger charge is -2.11. The van der Waals surface area contributed by atoms with Gasteiger partial charge in [0.15, 0.2) is 5.96 Å². The first-order chi connectivity index (χ1) is 12.3. The molecule has 2 aromatic rings. The van der Waals surface area contributed by atoms with Crippen molar-refractivity contribution in [1.82, 2.24) is 20.4 Å². The number of guanidine groups is 1. The van der Waals surface area contributed by atoms with E-state index < -0.39 is 0 Å². The molecule has 136 valence electrons. The predicted octanol–water partition coefficient (Wildman–Crippen LogP) is 3.07. The molecule has 1 aromatic heterocycles. The summed E-state index contributed by atoms with van der Waals surface area (Å²) in [4.78, 5) is 4.62. The largest absolute Gasteiger partial charge is 0.357 e. The van der Waals surface area contributed by atoms with Crippen molar-refractivity contribution in [3.63, 3.8) is 0 Å². The Labute approximate surface area is 155 Å². The average molecular weight is 360 g/mol. The highest BCUT2D eigenvalue weighted by molar-refractivity contribution is 7.98. The summed E-state index contributed by atoms with van der Waals surface area (Å²) in [7, 11) is 0. The van der Waals surface area contributed by atoms with Crippen molar-refractivity contribution < 1.29 is 0 Å². The Balaban J connectivity index is 1.61. The maximum absolute atomic E-state index is 4.62. The molecule has 0 fully saturated rings. The SMILES string of the molecule is CCNC(=NCCCn1cccn1)NCCSCc1ccc(C)cc1. The number of aliphatic imine (C=N–C) groups is 1. The fourth-order valence-corrected chi connectivity index (χ4v) is 3.13. The van der Waals surface area contributed by atoms with Crippen molar-refractivity contribution in [2.24, 2.45) is 4.99 Å². The molecule has 0 aliphatic rings. The highest BCUT2D eigenvalue weighted by atomic mass is 32.2. The topological polar surface area (TPSA) is 54.2 Å². The third kappa shape index (κ3) is 8.12. The first-order valence-corrected chi connectivity index (χ1v) is 10.1. The molecule has 6 heteroatoms. The van der Waals surface area contributed by atoms with Crippen LogP contribution in [0.3, 0.4) is 0 Å². The maximum Gasteiger partial charge on any atom is 0.191 e. The van der Waals surface area contributed by atoms with Crippen LogP contribution in [0, 0.1) is 6.92 Å². The van der Waals surface area contributed by atoms with Gasteiger partial charge in [0, 0.05) is 50.1 Å². The fraction of sp³-hybridized carbons (Fsp3) is 0.474. The third-order valence-electron chi connectivity index (χ3n) is 3.65. The number of aromatic nitrogens is 2. The molecule has 2 rings (SSSR count). The lowest BCUT2D eigenvalue weighted by Crippen LogP contribution is -2.38. The second-order valence-corrected chi connectivity index (χ2v) is 6.95. The Morgan fingerprint density at radius 3 is 2.80 bits per heavy atom. The van der Waals surface area contributed by atoms with Gasteiger partial charge in [-0.15, -0.1) is 0 Å². The summed E-state index contributed by atoms with van der Waals surface area (Å²) in [6.07, 6.45) is 4.78. The Bertz CT molecular complexity index is 607. The zero-order chi connectivity index (χ0) is 17.7. The molecule has 0 spiro atoms. The minimum Gasteiger partial charge on any atom is -0.357 e. The quantitative estimate of drug-likeness (QED) is 0.389. The van der Waals surface area contributed by atoms with Crippen molar-refractivity contribution >= 4 is 17.7 Å². The molecule has 2 N–H and O–H groups in total. The lowest BCUT2D eigenvalue weighted by molar-refractivity contribution is 0.584. The van der Waals surface area contributed by atoms with E-state index in [1.54, 1.807) is 0 Å². The number of nitrogens with one attached hydrogen (secondary N) is 2. The monoisotopic (exact) mass is 359 g/mol. The number of benzene rings is 1. The molecule has 1 heterocycles. The van der Waals surface area contributed by atoms with Crippen molar-refractivity contribution in [3.05, 3.63) is 53.9 Å². The van der Waals surface area contributed by atoms with E-state index >= 15 is 0 Å². The van der Waals surface area contributed by atoms with Gasteiger partial charge in [0.25, 0.3) is 0 Å². The van der Waals surface area contributed by atoms with Gasteiger partial charge in [0.2, 0.25) is 0 Å². The molecule has 0 radical (unpaired) electrons. The van der Waals surface area contributed by atoms with Crippen LogP contribution in [-0.4, -0.2) is 41.1 Å². The molecule has 0 aliphatic heterocycles. The Morgan fingerprint density at radius 1 is 1.24 bits per heavy atom. The molecule has 5 nitrogen and oxygen atoms in total. The second-order valence-electron chi connectivity index (χ2n) is 5.85. The van der Waals surface area contributed by atoms with E-state index in [-0.39, 0.29) is 0 Å². The zero-order valence-electron chi connectivity index (χ0n) is 15.2. The Kier molecular flexibility index (Phi) is 8.97. The first-order valence-electron chi connectivity index (χ1n) is 8.91. The number of aryl methyl sites for hydroxylation is 2. The molecule has 0 bridgehead atoms. The first kappa shape index (κ1) is 19.4. The molecule has 1 aromatic carbocycles. The summed E-state index contributed by atoms with van der Waals surface area (Å²) < 4.78 is 1.94. The standard InChI is InChI=1S/C19H29N5S/c1-3-20-19(21-10-4-13-24-14-5-11-23-24)22-12-15-25-16-18-8-6-17(2)7-9-18/h5-9,11,14H,3-4,10,12-13,15-16H2,1-2H3,(H2,20,21,22). The number of nitrogens with zero attached hydrogens (tertiary/aromatic N) is 3. The molecule has 25 heavy (non-hydrogen) atoms. The van der Waals surface area contributed by atoms with Crippen LogP contribution >= 0.6 is 11.8 Å². The highest BCUT2D eigenvalue weighted by Gasteiger charge is 1.98. The average Bonchev–Trinajstić information content (AvgIpc) is 3.13. The molecule has 0 amide bonds. The highest BCUT2D eigenvalue weighted by Crippen LogP contribution is 2.12. The zero-order valence-corrected chi connectivity index (χ0v) is 16.1. The number of hydrogen-bond acceptors (Lipinski definition) is 3. The van der Waals surface area contributed by atoms with Crippen LogP contribution < -0.4 is 10.6 Å². The van der Waals surface area contributed by atoms with E-state index in [0.717, 1.165) is 50.1 Å². The molecule has 0 unspecified atom stereocenters. The lowest BCUT2D eigenvalue weighted by atomic mass is 10.2. The second kappa shape index (κ2) is 11.6. The minimum absolute atomic E-state index is 0.797. The van der Waals surface area contributed by atoms with Crippen LogP contribution in [-0.2, 0) is 12.3 Å². The van der Waals surface area contributed by atoms with Gasteiger partial charge in [-0.3, -0.25) is 9.67 Å². The van der Waals surface area contributed by atoms with Crippen molar-refractivity contribution in [2.75, 3.05) is 25.4 Å². The molecule has 0 saturated heterocycles. The summed E-state index contributed by atoms with van der Waals surface area (Å²) in [5.41, 5.74) is 2.70. The van der Waals surface area contributed by atoms with Crippen LogP contribution in [0.2, 0.25) is 0 Å². The minimum atomic E-state index is 0.797. The molecular formula is C19H29N5S. The Hall–Kier alpha value is -1.95. The van der Waals surface area contributed by atoms with Gasteiger partial charge in [-0.05, 0) is 31.9 Å².